The lowest BCUT2D eigenvalue weighted by atomic mass is 10.1. The van der Waals surface area contributed by atoms with Crippen molar-refractivity contribution in [1.29, 1.82) is 0 Å². The Kier molecular flexibility index (Phi) is 5.47. The molecule has 0 unspecified atom stereocenters. The number of aromatic nitrogens is 1. The average molecular weight is 437 g/mol. The van der Waals surface area contributed by atoms with Crippen molar-refractivity contribution >= 4 is 62.2 Å². The van der Waals surface area contributed by atoms with E-state index < -0.39 is 0 Å². The van der Waals surface area contributed by atoms with E-state index in [2.05, 4.69) is 31.5 Å². The van der Waals surface area contributed by atoms with Crippen molar-refractivity contribution in [3.63, 3.8) is 0 Å². The molecule has 2 heterocycles. The molecule has 0 aliphatic carbocycles. The molecule has 0 fully saturated rings. The lowest BCUT2D eigenvalue weighted by molar-refractivity contribution is 0.102. The molecule has 5 nitrogen and oxygen atoms in total. The Bertz CT molecular complexity index is 928. The monoisotopic (exact) mass is 435 g/mol. The summed E-state index contributed by atoms with van der Waals surface area (Å²) in [5, 5.41) is 7.74. The molecule has 0 bridgehead atoms. The lowest BCUT2D eigenvalue weighted by Gasteiger charge is -2.11. The van der Waals surface area contributed by atoms with Gasteiger partial charge in [0.25, 0.3) is 11.8 Å². The van der Waals surface area contributed by atoms with Crippen LogP contribution in [-0.4, -0.2) is 16.8 Å². The zero-order valence-electron chi connectivity index (χ0n) is 12.6. The van der Waals surface area contributed by atoms with E-state index in [-0.39, 0.29) is 11.8 Å². The van der Waals surface area contributed by atoms with E-state index in [1.165, 1.54) is 17.5 Å². The number of anilines is 2. The largest absolute Gasteiger partial charge is 0.320 e. The maximum absolute atomic E-state index is 12.5. The molecule has 3 aromatic rings. The van der Waals surface area contributed by atoms with Gasteiger partial charge in [-0.15, -0.1) is 11.3 Å². The smallest absolute Gasteiger partial charge is 0.266 e. The summed E-state index contributed by atoms with van der Waals surface area (Å²) in [7, 11) is 0. The van der Waals surface area contributed by atoms with E-state index in [0.717, 1.165) is 0 Å². The zero-order chi connectivity index (χ0) is 17.8. The zero-order valence-corrected chi connectivity index (χ0v) is 15.8. The fraction of sp³-hybridized carbons (Fsp3) is 0. The highest BCUT2D eigenvalue weighted by Crippen LogP contribution is 2.25. The molecule has 0 saturated carbocycles. The molecule has 126 valence electrons. The third kappa shape index (κ3) is 4.25. The predicted octanol–water partition coefficient (Wildman–Crippen LogP) is 5.06. The summed E-state index contributed by atoms with van der Waals surface area (Å²) >= 11 is 10.4. The molecule has 0 spiro atoms. The van der Waals surface area contributed by atoms with Crippen LogP contribution in [-0.2, 0) is 0 Å². The summed E-state index contributed by atoms with van der Waals surface area (Å²) in [6.45, 7) is 0. The van der Waals surface area contributed by atoms with Gasteiger partial charge in [0.2, 0.25) is 0 Å². The van der Waals surface area contributed by atoms with Crippen LogP contribution in [0.25, 0.3) is 0 Å². The van der Waals surface area contributed by atoms with Crippen molar-refractivity contribution in [2.24, 2.45) is 0 Å². The summed E-state index contributed by atoms with van der Waals surface area (Å²) in [5.41, 5.74) is 0.750. The Balaban J connectivity index is 1.80. The van der Waals surface area contributed by atoms with Crippen LogP contribution in [0.1, 0.15) is 20.0 Å². The molecule has 0 aliphatic heterocycles. The molecule has 2 amide bonds. The Morgan fingerprint density at radius 3 is 2.52 bits per heavy atom. The van der Waals surface area contributed by atoms with Gasteiger partial charge >= 0.3 is 0 Å². The van der Waals surface area contributed by atoms with Crippen LogP contribution in [0.15, 0.2) is 58.5 Å². The Labute approximate surface area is 161 Å². The molecule has 0 saturated heterocycles. The van der Waals surface area contributed by atoms with Crippen LogP contribution in [0.3, 0.4) is 0 Å². The van der Waals surface area contributed by atoms with E-state index in [9.17, 15) is 9.59 Å². The van der Waals surface area contributed by atoms with Gasteiger partial charge in [-0.3, -0.25) is 9.59 Å². The van der Waals surface area contributed by atoms with Gasteiger partial charge in [0.15, 0.2) is 0 Å². The second-order valence-corrected chi connectivity index (χ2v) is 7.12. The molecule has 8 heteroatoms. The van der Waals surface area contributed by atoms with Gasteiger partial charge in [0.05, 0.1) is 16.3 Å². The minimum atomic E-state index is -0.379. The molecule has 0 atom stereocenters. The van der Waals surface area contributed by atoms with Gasteiger partial charge in [-0.25, -0.2) is 4.98 Å². The molecule has 0 aliphatic rings. The second-order valence-electron chi connectivity index (χ2n) is 4.91. The first-order valence-electron chi connectivity index (χ1n) is 7.11. The van der Waals surface area contributed by atoms with Crippen LogP contribution >= 0.6 is 38.9 Å². The van der Waals surface area contributed by atoms with Crippen molar-refractivity contribution in [2.75, 3.05) is 10.6 Å². The lowest BCUT2D eigenvalue weighted by Crippen LogP contribution is -2.18. The number of para-hydroxylation sites is 1. The van der Waals surface area contributed by atoms with Crippen molar-refractivity contribution in [1.82, 2.24) is 4.98 Å². The summed E-state index contributed by atoms with van der Waals surface area (Å²) < 4.78 is 0.710. The highest BCUT2D eigenvalue weighted by Gasteiger charge is 2.16. The minimum Gasteiger partial charge on any atom is -0.320 e. The number of thiophene rings is 1. The van der Waals surface area contributed by atoms with E-state index in [0.29, 0.717) is 31.4 Å². The third-order valence-electron chi connectivity index (χ3n) is 3.21. The molecular weight excluding hydrogens is 426 g/mol. The summed E-state index contributed by atoms with van der Waals surface area (Å²) in [6, 6.07) is 11.8. The third-order valence-corrected chi connectivity index (χ3v) is 5.27. The van der Waals surface area contributed by atoms with Gasteiger partial charge < -0.3 is 10.6 Å². The van der Waals surface area contributed by atoms with Gasteiger partial charge in [0.1, 0.15) is 10.7 Å². The average Bonchev–Trinajstić information content (AvgIpc) is 3.03. The number of hydrogen-bond donors (Lipinski definition) is 2. The summed E-state index contributed by atoms with van der Waals surface area (Å²) in [5.74, 6) is -0.292. The van der Waals surface area contributed by atoms with Crippen LogP contribution in [0.5, 0.6) is 0 Å². The molecule has 25 heavy (non-hydrogen) atoms. The van der Waals surface area contributed by atoms with Gasteiger partial charge in [-0.05, 0) is 51.6 Å². The topological polar surface area (TPSA) is 71.1 Å². The van der Waals surface area contributed by atoms with Crippen molar-refractivity contribution in [3.8, 4) is 0 Å². The van der Waals surface area contributed by atoms with Crippen LogP contribution < -0.4 is 10.6 Å². The second kappa shape index (κ2) is 7.77. The highest BCUT2D eigenvalue weighted by atomic mass is 79.9. The van der Waals surface area contributed by atoms with Gasteiger partial charge in [0, 0.05) is 10.7 Å². The van der Waals surface area contributed by atoms with Crippen molar-refractivity contribution < 1.29 is 9.59 Å². The first-order chi connectivity index (χ1) is 12.0. The molecular formula is C17H11BrClN3O2S. The maximum Gasteiger partial charge on any atom is 0.266 e. The van der Waals surface area contributed by atoms with Crippen LogP contribution in [0.4, 0.5) is 11.5 Å². The first kappa shape index (κ1) is 17.6. The fourth-order valence-electron chi connectivity index (χ4n) is 2.06. The highest BCUT2D eigenvalue weighted by molar-refractivity contribution is 9.10. The van der Waals surface area contributed by atoms with Crippen LogP contribution in [0, 0.1) is 0 Å². The number of nitrogens with zero attached hydrogens (tertiary/aromatic N) is 1. The summed E-state index contributed by atoms with van der Waals surface area (Å²) in [4.78, 5) is 29.5. The number of halogens is 2. The SMILES string of the molecule is O=C(Nc1ccc(Cl)cn1)c1ccccc1NC(=O)c1sccc1Br. The van der Waals surface area contributed by atoms with Gasteiger partial charge in [-0.1, -0.05) is 23.7 Å². The van der Waals surface area contributed by atoms with Crippen molar-refractivity contribution in [3.05, 3.63) is 74.0 Å². The Morgan fingerprint density at radius 1 is 1.04 bits per heavy atom. The number of hydrogen-bond acceptors (Lipinski definition) is 4. The van der Waals surface area contributed by atoms with E-state index in [4.69, 9.17) is 11.6 Å². The van der Waals surface area contributed by atoms with E-state index >= 15 is 0 Å². The normalized spacial score (nSPS) is 10.3. The number of nitrogens with one attached hydrogen (secondary N) is 2. The standard InChI is InChI=1S/C17H11BrClN3O2S/c18-12-7-8-25-15(12)17(24)21-13-4-2-1-3-11(13)16(23)22-14-6-5-10(19)9-20-14/h1-9H,(H,21,24)(H,20,22,23). The first-order valence-corrected chi connectivity index (χ1v) is 9.16. The number of carbonyl (C=O) groups is 2. The Hall–Kier alpha value is -2.22. The number of amides is 2. The maximum atomic E-state index is 12.5. The number of rotatable bonds is 4. The molecule has 3 rings (SSSR count). The van der Waals surface area contributed by atoms with Gasteiger partial charge in [-0.2, -0.15) is 0 Å². The number of carbonyl (C=O) groups excluding carboxylic acids is 2. The molecule has 1 aromatic carbocycles. The number of pyridine rings is 1. The predicted molar refractivity (Wildman–Crippen MR) is 104 cm³/mol. The van der Waals surface area contributed by atoms with Crippen LogP contribution in [0.2, 0.25) is 5.02 Å². The van der Waals surface area contributed by atoms with E-state index in [1.54, 1.807) is 42.5 Å². The summed E-state index contributed by atoms with van der Waals surface area (Å²) in [6.07, 6.45) is 1.44. The van der Waals surface area contributed by atoms with Crippen molar-refractivity contribution in [2.45, 2.75) is 0 Å². The van der Waals surface area contributed by atoms with E-state index in [1.807, 2.05) is 5.38 Å². The molecule has 0 radical (unpaired) electrons. The molecule has 2 N–H and O–H groups in total. The number of benzene rings is 1. The molecule has 2 aromatic heterocycles. The Morgan fingerprint density at radius 2 is 1.84 bits per heavy atom. The minimum absolute atomic E-state index is 0.285. The quantitative estimate of drug-likeness (QED) is 0.600. The fourth-order valence-corrected chi connectivity index (χ4v) is 3.62.